The molecule has 0 fully saturated rings. The van der Waals surface area contributed by atoms with Crippen LogP contribution in [0.4, 0.5) is 5.69 Å². The summed E-state index contributed by atoms with van der Waals surface area (Å²) in [5.41, 5.74) is 3.61. The molecule has 0 saturated heterocycles. The first-order valence-electron chi connectivity index (χ1n) is 8.48. The predicted octanol–water partition coefficient (Wildman–Crippen LogP) is 3.40. The lowest BCUT2D eigenvalue weighted by Gasteiger charge is -2.05. The third kappa shape index (κ3) is 3.80. The van der Waals surface area contributed by atoms with Crippen LogP contribution in [0.5, 0.6) is 0 Å². The summed E-state index contributed by atoms with van der Waals surface area (Å²) in [6, 6.07) is 5.30. The highest BCUT2D eigenvalue weighted by Gasteiger charge is 2.19. The van der Waals surface area contributed by atoms with E-state index in [9.17, 15) is 9.59 Å². The SMILES string of the molecule is Cc1nn(CC(C)C)c(Cl)c1/C=C/C(=O)Nc1ccc2c(c1)C(=O)NC2. The Hall–Kier alpha value is -2.60. The Bertz CT molecular complexity index is 899. The lowest BCUT2D eigenvalue weighted by atomic mass is 10.1. The van der Waals surface area contributed by atoms with Crippen molar-refractivity contribution in [2.24, 2.45) is 5.92 Å². The van der Waals surface area contributed by atoms with Crippen LogP contribution in [0, 0.1) is 12.8 Å². The Labute approximate surface area is 157 Å². The predicted molar refractivity (Wildman–Crippen MR) is 102 cm³/mol. The number of halogens is 1. The number of amides is 2. The van der Waals surface area contributed by atoms with Gasteiger partial charge >= 0.3 is 0 Å². The first-order chi connectivity index (χ1) is 12.3. The van der Waals surface area contributed by atoms with Crippen molar-refractivity contribution in [3.05, 3.63) is 51.8 Å². The minimum Gasteiger partial charge on any atom is -0.348 e. The number of carbonyl (C=O) groups is 2. The van der Waals surface area contributed by atoms with E-state index >= 15 is 0 Å². The van der Waals surface area contributed by atoms with Crippen LogP contribution in [0.15, 0.2) is 24.3 Å². The highest BCUT2D eigenvalue weighted by molar-refractivity contribution is 6.31. The molecule has 2 heterocycles. The van der Waals surface area contributed by atoms with E-state index in [0.717, 1.165) is 23.4 Å². The lowest BCUT2D eigenvalue weighted by Crippen LogP contribution is -2.13. The number of aryl methyl sites for hydroxylation is 1. The second-order valence-electron chi connectivity index (χ2n) is 6.74. The van der Waals surface area contributed by atoms with Crippen LogP contribution in [0.3, 0.4) is 0 Å². The molecule has 1 aromatic carbocycles. The topological polar surface area (TPSA) is 76.0 Å². The van der Waals surface area contributed by atoms with Crippen LogP contribution in [0.25, 0.3) is 6.08 Å². The maximum atomic E-state index is 12.2. The normalized spacial score (nSPS) is 13.3. The Morgan fingerprint density at radius 1 is 1.46 bits per heavy atom. The number of anilines is 1. The summed E-state index contributed by atoms with van der Waals surface area (Å²) in [6.45, 7) is 7.29. The average Bonchev–Trinajstić information content (AvgIpc) is 3.06. The van der Waals surface area contributed by atoms with Crippen LogP contribution in [-0.4, -0.2) is 21.6 Å². The molecular formula is C19H21ClN4O2. The molecule has 2 aromatic rings. The molecule has 0 spiro atoms. The van der Waals surface area contributed by atoms with Gasteiger partial charge in [-0.15, -0.1) is 0 Å². The molecule has 136 valence electrons. The van der Waals surface area contributed by atoms with Crippen LogP contribution in [0.1, 0.15) is 41.0 Å². The van der Waals surface area contributed by atoms with Crippen molar-refractivity contribution in [1.82, 2.24) is 15.1 Å². The fraction of sp³-hybridized carbons (Fsp3) is 0.316. The van der Waals surface area contributed by atoms with E-state index in [2.05, 4.69) is 29.6 Å². The first-order valence-corrected chi connectivity index (χ1v) is 8.86. The van der Waals surface area contributed by atoms with Crippen molar-refractivity contribution in [1.29, 1.82) is 0 Å². The molecule has 0 bridgehead atoms. The lowest BCUT2D eigenvalue weighted by molar-refractivity contribution is -0.111. The molecule has 0 aliphatic carbocycles. The van der Waals surface area contributed by atoms with Crippen molar-refractivity contribution in [3.8, 4) is 0 Å². The molecule has 0 unspecified atom stereocenters. The van der Waals surface area contributed by atoms with Crippen molar-refractivity contribution in [2.45, 2.75) is 33.9 Å². The highest BCUT2D eigenvalue weighted by Crippen LogP contribution is 2.23. The summed E-state index contributed by atoms with van der Waals surface area (Å²) in [4.78, 5) is 23.9. The third-order valence-corrected chi connectivity index (χ3v) is 4.51. The smallest absolute Gasteiger partial charge is 0.251 e. The molecule has 0 atom stereocenters. The molecule has 0 saturated carbocycles. The molecule has 7 heteroatoms. The number of fused-ring (bicyclic) bond motifs is 1. The summed E-state index contributed by atoms with van der Waals surface area (Å²) in [5, 5.41) is 10.5. The monoisotopic (exact) mass is 372 g/mol. The number of nitrogens with zero attached hydrogens (tertiary/aromatic N) is 2. The first kappa shape index (κ1) is 18.2. The average molecular weight is 373 g/mol. The standard InChI is InChI=1S/C19H21ClN4O2/c1-11(2)10-24-18(20)15(12(3)23-24)6-7-17(25)22-14-5-4-13-9-21-19(26)16(13)8-14/h4-8,11H,9-10H2,1-3H3,(H,21,26)(H,22,25)/b7-6+. The van der Waals surface area contributed by atoms with Gasteiger partial charge in [0.05, 0.1) is 5.69 Å². The van der Waals surface area contributed by atoms with E-state index in [0.29, 0.717) is 28.9 Å². The highest BCUT2D eigenvalue weighted by atomic mass is 35.5. The molecule has 2 amide bonds. The molecule has 1 aromatic heterocycles. The number of carbonyl (C=O) groups excluding carboxylic acids is 2. The maximum Gasteiger partial charge on any atom is 0.251 e. The second-order valence-corrected chi connectivity index (χ2v) is 7.10. The zero-order valence-electron chi connectivity index (χ0n) is 15.0. The fourth-order valence-corrected chi connectivity index (χ4v) is 3.16. The van der Waals surface area contributed by atoms with E-state index in [1.54, 1.807) is 22.9 Å². The number of aromatic nitrogens is 2. The molecule has 3 rings (SSSR count). The van der Waals surface area contributed by atoms with Crippen molar-refractivity contribution in [2.75, 3.05) is 5.32 Å². The number of nitrogens with one attached hydrogen (secondary N) is 2. The van der Waals surface area contributed by atoms with Gasteiger partial charge in [-0.25, -0.2) is 0 Å². The minimum absolute atomic E-state index is 0.119. The summed E-state index contributed by atoms with van der Waals surface area (Å²) >= 11 is 6.37. The third-order valence-electron chi connectivity index (χ3n) is 4.11. The van der Waals surface area contributed by atoms with Gasteiger partial charge in [0, 0.05) is 36.0 Å². The molecule has 1 aliphatic heterocycles. The zero-order chi connectivity index (χ0) is 18.8. The quantitative estimate of drug-likeness (QED) is 0.790. The van der Waals surface area contributed by atoms with Gasteiger partial charge < -0.3 is 10.6 Å². The van der Waals surface area contributed by atoms with Gasteiger partial charge in [-0.05, 0) is 36.6 Å². The van der Waals surface area contributed by atoms with E-state index in [1.807, 2.05) is 13.0 Å². The number of hydrogen-bond acceptors (Lipinski definition) is 3. The summed E-state index contributed by atoms with van der Waals surface area (Å²) in [5.74, 6) is 0.00554. The van der Waals surface area contributed by atoms with Crippen molar-refractivity contribution >= 4 is 35.2 Å². The Balaban J connectivity index is 1.72. The minimum atomic E-state index is -0.296. The van der Waals surface area contributed by atoms with Crippen molar-refractivity contribution < 1.29 is 9.59 Å². The van der Waals surface area contributed by atoms with Crippen LogP contribution >= 0.6 is 11.6 Å². The van der Waals surface area contributed by atoms with Gasteiger partial charge in [-0.2, -0.15) is 5.10 Å². The summed E-state index contributed by atoms with van der Waals surface area (Å²) in [7, 11) is 0. The zero-order valence-corrected chi connectivity index (χ0v) is 15.7. The maximum absolute atomic E-state index is 12.2. The molecular weight excluding hydrogens is 352 g/mol. The Morgan fingerprint density at radius 2 is 2.23 bits per heavy atom. The Kier molecular flexibility index (Phi) is 5.13. The van der Waals surface area contributed by atoms with Gasteiger partial charge in [0.2, 0.25) is 5.91 Å². The summed E-state index contributed by atoms with van der Waals surface area (Å²) in [6.07, 6.45) is 3.08. The van der Waals surface area contributed by atoms with Crippen LogP contribution in [-0.2, 0) is 17.9 Å². The summed E-state index contributed by atoms with van der Waals surface area (Å²) < 4.78 is 1.75. The molecule has 0 radical (unpaired) electrons. The van der Waals surface area contributed by atoms with Crippen LogP contribution in [0.2, 0.25) is 5.15 Å². The largest absolute Gasteiger partial charge is 0.348 e. The Morgan fingerprint density at radius 3 is 2.96 bits per heavy atom. The van der Waals surface area contributed by atoms with E-state index in [-0.39, 0.29) is 11.8 Å². The van der Waals surface area contributed by atoms with Gasteiger partial charge in [0.1, 0.15) is 5.15 Å². The number of hydrogen-bond donors (Lipinski definition) is 2. The van der Waals surface area contributed by atoms with Crippen LogP contribution < -0.4 is 10.6 Å². The van der Waals surface area contributed by atoms with Gasteiger partial charge in [-0.1, -0.05) is 31.5 Å². The van der Waals surface area contributed by atoms with Gasteiger partial charge in [0.15, 0.2) is 0 Å². The second kappa shape index (κ2) is 7.33. The molecule has 2 N–H and O–H groups in total. The fourth-order valence-electron chi connectivity index (χ4n) is 2.86. The van der Waals surface area contributed by atoms with E-state index < -0.39 is 0 Å². The van der Waals surface area contributed by atoms with Crippen molar-refractivity contribution in [3.63, 3.8) is 0 Å². The van der Waals surface area contributed by atoms with E-state index in [4.69, 9.17) is 11.6 Å². The number of rotatable bonds is 5. The molecule has 26 heavy (non-hydrogen) atoms. The molecule has 6 nitrogen and oxygen atoms in total. The molecule has 1 aliphatic rings. The van der Waals surface area contributed by atoms with Gasteiger partial charge in [0.25, 0.3) is 5.91 Å². The van der Waals surface area contributed by atoms with E-state index in [1.165, 1.54) is 6.08 Å². The number of benzene rings is 1. The van der Waals surface area contributed by atoms with Gasteiger partial charge in [-0.3, -0.25) is 14.3 Å².